The van der Waals surface area contributed by atoms with Crippen LogP contribution >= 0.6 is 11.6 Å². The molecule has 0 aliphatic carbocycles. The average Bonchev–Trinajstić information content (AvgIpc) is 2.62. The van der Waals surface area contributed by atoms with E-state index in [0.29, 0.717) is 10.7 Å². The van der Waals surface area contributed by atoms with Crippen LogP contribution in [-0.4, -0.2) is 42.7 Å². The molecule has 0 aliphatic rings. The minimum atomic E-state index is -0.450. The highest BCUT2D eigenvalue weighted by Crippen LogP contribution is 2.23. The summed E-state index contributed by atoms with van der Waals surface area (Å²) in [5.74, 6) is -1.30. The molecule has 1 N–H and O–H groups in total. The van der Waals surface area contributed by atoms with Gasteiger partial charge in [-0.05, 0) is 49.4 Å². The maximum atomic E-state index is 12.9. The van der Waals surface area contributed by atoms with E-state index in [1.165, 1.54) is 55.3 Å². The summed E-state index contributed by atoms with van der Waals surface area (Å²) < 4.78 is 18.3. The number of amides is 2. The lowest BCUT2D eigenvalue weighted by atomic mass is 10.1. The number of hydrogen-bond acceptors (Lipinski definition) is 4. The van der Waals surface area contributed by atoms with Gasteiger partial charge in [0.2, 0.25) is 5.91 Å². The van der Waals surface area contributed by atoms with Crippen LogP contribution in [0.3, 0.4) is 0 Å². The molecule has 2 aromatic carbocycles. The fourth-order valence-corrected chi connectivity index (χ4v) is 2.36. The molecule has 0 spiro atoms. The van der Waals surface area contributed by atoms with Gasteiger partial charge >= 0.3 is 0 Å². The predicted molar refractivity (Wildman–Crippen MR) is 99.6 cm³/mol. The Morgan fingerprint density at radius 2 is 1.81 bits per heavy atom. The summed E-state index contributed by atoms with van der Waals surface area (Å²) in [4.78, 5) is 36.9. The first-order chi connectivity index (χ1) is 12.8. The summed E-state index contributed by atoms with van der Waals surface area (Å²) >= 11 is 5.86. The standard InChI is InChI=1S/C19H18ClFN2O4/c1-12(24)16-9-13(20)3-8-17(16)27-11-19(26)23(2)10-18(25)22-15-6-4-14(21)5-7-15/h3-9H,10-11H2,1-2H3,(H,22,25). The van der Waals surface area contributed by atoms with Gasteiger partial charge in [-0.3, -0.25) is 14.4 Å². The third-order valence-electron chi connectivity index (χ3n) is 3.61. The van der Waals surface area contributed by atoms with Crippen LogP contribution in [0, 0.1) is 5.82 Å². The number of benzene rings is 2. The Kier molecular flexibility index (Phi) is 6.90. The molecule has 2 amide bonds. The molecule has 0 saturated heterocycles. The second kappa shape index (κ2) is 9.14. The van der Waals surface area contributed by atoms with Crippen molar-refractivity contribution in [3.05, 3.63) is 58.9 Å². The van der Waals surface area contributed by atoms with Crippen molar-refractivity contribution in [3.63, 3.8) is 0 Å². The Balaban J connectivity index is 1.89. The van der Waals surface area contributed by atoms with E-state index in [9.17, 15) is 18.8 Å². The SMILES string of the molecule is CC(=O)c1cc(Cl)ccc1OCC(=O)N(C)CC(=O)Nc1ccc(F)cc1. The molecule has 142 valence electrons. The first kappa shape index (κ1) is 20.4. The first-order valence-corrected chi connectivity index (χ1v) is 8.36. The molecule has 0 aliphatic heterocycles. The summed E-state index contributed by atoms with van der Waals surface area (Å²) in [5.41, 5.74) is 0.692. The second-order valence-corrected chi connectivity index (χ2v) is 6.23. The van der Waals surface area contributed by atoms with Crippen molar-refractivity contribution in [2.75, 3.05) is 25.5 Å². The number of nitrogens with one attached hydrogen (secondary N) is 1. The van der Waals surface area contributed by atoms with E-state index in [-0.39, 0.29) is 30.2 Å². The van der Waals surface area contributed by atoms with Crippen molar-refractivity contribution in [2.45, 2.75) is 6.92 Å². The van der Waals surface area contributed by atoms with Crippen LogP contribution in [-0.2, 0) is 9.59 Å². The highest BCUT2D eigenvalue weighted by atomic mass is 35.5. The molecule has 0 unspecified atom stereocenters. The van der Waals surface area contributed by atoms with Crippen molar-refractivity contribution in [2.24, 2.45) is 0 Å². The summed E-state index contributed by atoms with van der Waals surface area (Å²) in [7, 11) is 1.45. The molecule has 6 nitrogen and oxygen atoms in total. The molecule has 0 heterocycles. The van der Waals surface area contributed by atoms with E-state index in [1.807, 2.05) is 0 Å². The van der Waals surface area contributed by atoms with Gasteiger partial charge in [0, 0.05) is 17.8 Å². The third kappa shape index (κ3) is 6.07. The molecule has 0 saturated carbocycles. The number of rotatable bonds is 7. The molecule has 0 atom stereocenters. The Hall–Kier alpha value is -2.93. The molecule has 8 heteroatoms. The molecule has 0 bridgehead atoms. The van der Waals surface area contributed by atoms with Crippen molar-refractivity contribution in [3.8, 4) is 5.75 Å². The maximum absolute atomic E-state index is 12.9. The largest absolute Gasteiger partial charge is 0.483 e. The smallest absolute Gasteiger partial charge is 0.260 e. The summed E-state index contributed by atoms with van der Waals surface area (Å²) in [6.45, 7) is 0.814. The van der Waals surface area contributed by atoms with Gasteiger partial charge in [0.05, 0.1) is 12.1 Å². The average molecular weight is 393 g/mol. The van der Waals surface area contributed by atoms with Crippen LogP contribution in [0.2, 0.25) is 5.02 Å². The first-order valence-electron chi connectivity index (χ1n) is 7.99. The fraction of sp³-hybridized carbons (Fsp3) is 0.211. The van der Waals surface area contributed by atoms with E-state index in [0.717, 1.165) is 0 Å². The minimum absolute atomic E-state index is 0.209. The highest BCUT2D eigenvalue weighted by Gasteiger charge is 2.16. The molecular weight excluding hydrogens is 375 g/mol. The van der Waals surface area contributed by atoms with Crippen LogP contribution in [0.4, 0.5) is 10.1 Å². The molecule has 0 aromatic heterocycles. The van der Waals surface area contributed by atoms with Crippen LogP contribution in [0.25, 0.3) is 0 Å². The predicted octanol–water partition coefficient (Wildman–Crippen LogP) is 3.16. The number of ketones is 1. The number of likely N-dealkylation sites (N-methyl/N-ethyl adjacent to an activating group) is 1. The molecule has 2 aromatic rings. The van der Waals surface area contributed by atoms with Gasteiger partial charge in [-0.25, -0.2) is 4.39 Å². The van der Waals surface area contributed by atoms with Crippen molar-refractivity contribution >= 4 is 34.9 Å². The lowest BCUT2D eigenvalue weighted by molar-refractivity contribution is -0.135. The van der Waals surface area contributed by atoms with Gasteiger partial charge in [-0.15, -0.1) is 0 Å². The van der Waals surface area contributed by atoms with Crippen LogP contribution in [0.5, 0.6) is 5.75 Å². The fourth-order valence-electron chi connectivity index (χ4n) is 2.19. The van der Waals surface area contributed by atoms with Crippen LogP contribution < -0.4 is 10.1 Å². The van der Waals surface area contributed by atoms with Gasteiger partial charge in [-0.2, -0.15) is 0 Å². The number of anilines is 1. The van der Waals surface area contributed by atoms with Gasteiger partial charge in [-0.1, -0.05) is 11.6 Å². The van der Waals surface area contributed by atoms with Crippen LogP contribution in [0.1, 0.15) is 17.3 Å². The normalized spacial score (nSPS) is 10.2. The Bertz CT molecular complexity index is 855. The number of nitrogens with zero attached hydrogens (tertiary/aromatic N) is 1. The van der Waals surface area contributed by atoms with E-state index in [1.54, 1.807) is 6.07 Å². The number of Topliss-reactive ketones (excluding diaryl/α,β-unsaturated/α-hetero) is 1. The topological polar surface area (TPSA) is 75.7 Å². The minimum Gasteiger partial charge on any atom is -0.483 e. The highest BCUT2D eigenvalue weighted by molar-refractivity contribution is 6.31. The van der Waals surface area contributed by atoms with E-state index >= 15 is 0 Å². The monoisotopic (exact) mass is 392 g/mol. The molecular formula is C19H18ClFN2O4. The van der Waals surface area contributed by atoms with Gasteiger partial charge in [0.1, 0.15) is 11.6 Å². The molecule has 27 heavy (non-hydrogen) atoms. The van der Waals surface area contributed by atoms with E-state index < -0.39 is 17.6 Å². The Morgan fingerprint density at radius 3 is 2.44 bits per heavy atom. The van der Waals surface area contributed by atoms with E-state index in [4.69, 9.17) is 16.3 Å². The zero-order chi connectivity index (χ0) is 20.0. The lowest BCUT2D eigenvalue weighted by Crippen LogP contribution is -2.37. The van der Waals surface area contributed by atoms with Crippen molar-refractivity contribution in [1.82, 2.24) is 4.90 Å². The van der Waals surface area contributed by atoms with Gasteiger partial charge in [0.15, 0.2) is 12.4 Å². The summed E-state index contributed by atoms with van der Waals surface area (Å²) in [6.07, 6.45) is 0. The Labute approximate surface area is 160 Å². The van der Waals surface area contributed by atoms with Gasteiger partial charge in [0.25, 0.3) is 5.91 Å². The molecule has 0 radical (unpaired) electrons. The maximum Gasteiger partial charge on any atom is 0.260 e. The quantitative estimate of drug-likeness (QED) is 0.734. The number of carbonyl (C=O) groups is 3. The van der Waals surface area contributed by atoms with Crippen LogP contribution in [0.15, 0.2) is 42.5 Å². The number of hydrogen-bond donors (Lipinski definition) is 1. The number of ether oxygens (including phenoxy) is 1. The van der Waals surface area contributed by atoms with Crippen molar-refractivity contribution in [1.29, 1.82) is 0 Å². The zero-order valence-corrected chi connectivity index (χ0v) is 15.5. The lowest BCUT2D eigenvalue weighted by Gasteiger charge is -2.18. The van der Waals surface area contributed by atoms with Crippen molar-refractivity contribution < 1.29 is 23.5 Å². The summed E-state index contributed by atoms with van der Waals surface area (Å²) in [6, 6.07) is 9.79. The zero-order valence-electron chi connectivity index (χ0n) is 14.8. The summed E-state index contributed by atoms with van der Waals surface area (Å²) in [5, 5.41) is 2.94. The molecule has 2 rings (SSSR count). The molecule has 0 fully saturated rings. The van der Waals surface area contributed by atoms with Gasteiger partial charge < -0.3 is 15.0 Å². The third-order valence-corrected chi connectivity index (χ3v) is 3.84. The second-order valence-electron chi connectivity index (χ2n) is 5.79. The number of halogens is 2. The number of carbonyl (C=O) groups excluding carboxylic acids is 3. The van der Waals surface area contributed by atoms with E-state index in [2.05, 4.69) is 5.32 Å². The Morgan fingerprint density at radius 1 is 1.15 bits per heavy atom.